The first-order chi connectivity index (χ1) is 12.6. The fraction of sp³-hybridized carbons (Fsp3) is 0.333. The first-order valence-corrected chi connectivity index (χ1v) is 8.97. The number of para-hydroxylation sites is 1. The van der Waals surface area contributed by atoms with Crippen molar-refractivity contribution in [1.82, 2.24) is 10.2 Å². The maximum Gasteiger partial charge on any atom is 0.247 e. The van der Waals surface area contributed by atoms with Crippen LogP contribution in [0, 0.1) is 6.92 Å². The van der Waals surface area contributed by atoms with Crippen LogP contribution in [0.4, 0.5) is 0 Å². The number of nitrogens with zero attached hydrogens (tertiary/aromatic N) is 1. The number of carbonyl (C=O) groups is 2. The van der Waals surface area contributed by atoms with Gasteiger partial charge in [-0.25, -0.2) is 0 Å². The van der Waals surface area contributed by atoms with Gasteiger partial charge in [0.1, 0.15) is 11.8 Å². The molecule has 2 aromatic carbocycles. The summed E-state index contributed by atoms with van der Waals surface area (Å²) in [7, 11) is 0. The van der Waals surface area contributed by atoms with Crippen molar-refractivity contribution >= 4 is 11.8 Å². The molecule has 1 N–H and O–H groups in total. The van der Waals surface area contributed by atoms with Gasteiger partial charge in [0, 0.05) is 19.5 Å². The minimum atomic E-state index is -0.550. The van der Waals surface area contributed by atoms with Gasteiger partial charge in [-0.15, -0.1) is 0 Å². The summed E-state index contributed by atoms with van der Waals surface area (Å²) in [5, 5.41) is 2.87. The summed E-state index contributed by atoms with van der Waals surface area (Å²) >= 11 is 0. The smallest absolute Gasteiger partial charge is 0.247 e. The Morgan fingerprint density at radius 3 is 2.77 bits per heavy atom. The molecule has 0 saturated carbocycles. The number of rotatable bonds is 6. The zero-order valence-electron chi connectivity index (χ0n) is 15.0. The Bertz CT molecular complexity index is 761. The van der Waals surface area contributed by atoms with E-state index >= 15 is 0 Å². The molecule has 1 aliphatic rings. The molecule has 1 fully saturated rings. The molecule has 0 radical (unpaired) electrons. The van der Waals surface area contributed by atoms with E-state index in [1.807, 2.05) is 61.5 Å². The van der Waals surface area contributed by atoms with Gasteiger partial charge in [-0.3, -0.25) is 9.59 Å². The lowest BCUT2D eigenvalue weighted by molar-refractivity contribution is -0.143. The second-order valence-electron chi connectivity index (χ2n) is 6.46. The molecule has 0 aliphatic carbocycles. The minimum absolute atomic E-state index is 0.0111. The van der Waals surface area contributed by atoms with E-state index in [4.69, 9.17) is 4.74 Å². The van der Waals surface area contributed by atoms with E-state index in [9.17, 15) is 9.59 Å². The van der Waals surface area contributed by atoms with Crippen molar-refractivity contribution in [3.8, 4) is 5.75 Å². The van der Waals surface area contributed by atoms with Crippen LogP contribution in [0.25, 0.3) is 0 Å². The summed E-state index contributed by atoms with van der Waals surface area (Å²) in [6, 6.07) is 16.8. The second kappa shape index (κ2) is 8.52. The van der Waals surface area contributed by atoms with Crippen LogP contribution in [0.1, 0.15) is 30.0 Å². The van der Waals surface area contributed by atoms with Crippen LogP contribution >= 0.6 is 0 Å². The van der Waals surface area contributed by atoms with Gasteiger partial charge in [-0.1, -0.05) is 48.0 Å². The number of hydrogen-bond acceptors (Lipinski definition) is 3. The highest BCUT2D eigenvalue weighted by Gasteiger charge is 2.33. The van der Waals surface area contributed by atoms with Gasteiger partial charge in [0.15, 0.2) is 0 Å². The topological polar surface area (TPSA) is 58.6 Å². The molecule has 2 aromatic rings. The van der Waals surface area contributed by atoms with Crippen LogP contribution in [-0.4, -0.2) is 36.4 Å². The third-order valence-corrected chi connectivity index (χ3v) is 4.44. The van der Waals surface area contributed by atoms with Crippen molar-refractivity contribution in [2.24, 2.45) is 0 Å². The summed E-state index contributed by atoms with van der Waals surface area (Å²) in [4.78, 5) is 26.8. The molecule has 1 saturated heterocycles. The van der Waals surface area contributed by atoms with E-state index in [1.54, 1.807) is 4.90 Å². The molecular weight excluding hydrogens is 328 g/mol. The Balaban J connectivity index is 1.60. The van der Waals surface area contributed by atoms with E-state index < -0.39 is 6.04 Å². The van der Waals surface area contributed by atoms with Crippen molar-refractivity contribution < 1.29 is 14.3 Å². The number of benzene rings is 2. The molecule has 0 aromatic heterocycles. The molecule has 1 atom stereocenters. The first-order valence-electron chi connectivity index (χ1n) is 8.97. The molecule has 1 aliphatic heterocycles. The summed E-state index contributed by atoms with van der Waals surface area (Å²) in [5.74, 6) is 0.675. The lowest BCUT2D eigenvalue weighted by Crippen LogP contribution is -2.52. The predicted octanol–water partition coefficient (Wildman–Crippen LogP) is 2.85. The van der Waals surface area contributed by atoms with E-state index in [0.29, 0.717) is 32.5 Å². The van der Waals surface area contributed by atoms with Crippen molar-refractivity contribution in [3.63, 3.8) is 0 Å². The molecule has 1 unspecified atom stereocenters. The highest BCUT2D eigenvalue weighted by atomic mass is 16.5. The van der Waals surface area contributed by atoms with Gasteiger partial charge in [0.05, 0.1) is 6.61 Å². The quantitative estimate of drug-likeness (QED) is 0.814. The van der Waals surface area contributed by atoms with E-state index in [2.05, 4.69) is 5.32 Å². The Kier molecular flexibility index (Phi) is 5.89. The number of piperazine rings is 1. The standard InChI is InChI=1S/C21H24N2O3/c1-16-7-5-8-17(15-16)20-21(25)22-12-13-23(20)19(24)11-6-14-26-18-9-3-2-4-10-18/h2-5,7-10,15,20H,6,11-14H2,1H3,(H,22,25). The Morgan fingerprint density at radius 1 is 1.19 bits per heavy atom. The van der Waals surface area contributed by atoms with E-state index in [1.165, 1.54) is 0 Å². The largest absolute Gasteiger partial charge is 0.494 e. The van der Waals surface area contributed by atoms with E-state index in [-0.39, 0.29) is 11.8 Å². The molecular formula is C21H24N2O3. The summed E-state index contributed by atoms with van der Waals surface area (Å²) < 4.78 is 5.64. The Morgan fingerprint density at radius 2 is 2.00 bits per heavy atom. The molecule has 3 rings (SSSR count). The van der Waals surface area contributed by atoms with Gasteiger partial charge in [0.25, 0.3) is 0 Å². The van der Waals surface area contributed by atoms with Crippen LogP contribution < -0.4 is 10.1 Å². The third kappa shape index (κ3) is 4.42. The number of amides is 2. The summed E-state index contributed by atoms with van der Waals surface area (Å²) in [5.41, 5.74) is 1.93. The molecule has 26 heavy (non-hydrogen) atoms. The van der Waals surface area contributed by atoms with Crippen LogP contribution in [-0.2, 0) is 9.59 Å². The highest BCUT2D eigenvalue weighted by molar-refractivity contribution is 5.89. The lowest BCUT2D eigenvalue weighted by atomic mass is 10.00. The summed E-state index contributed by atoms with van der Waals surface area (Å²) in [6.07, 6.45) is 0.981. The van der Waals surface area contributed by atoms with Crippen molar-refractivity contribution in [2.75, 3.05) is 19.7 Å². The first kappa shape index (κ1) is 18.0. The molecule has 5 heteroatoms. The SMILES string of the molecule is Cc1cccc(C2C(=O)NCCN2C(=O)CCCOc2ccccc2)c1. The van der Waals surface area contributed by atoms with Crippen molar-refractivity contribution in [1.29, 1.82) is 0 Å². The van der Waals surface area contributed by atoms with E-state index in [0.717, 1.165) is 16.9 Å². The molecule has 2 amide bonds. The fourth-order valence-corrected chi connectivity index (χ4v) is 3.18. The molecule has 5 nitrogen and oxygen atoms in total. The molecule has 136 valence electrons. The van der Waals surface area contributed by atoms with Crippen LogP contribution in [0.5, 0.6) is 5.75 Å². The highest BCUT2D eigenvalue weighted by Crippen LogP contribution is 2.25. The van der Waals surface area contributed by atoms with Crippen molar-refractivity contribution in [3.05, 3.63) is 65.7 Å². The third-order valence-electron chi connectivity index (χ3n) is 4.44. The van der Waals surface area contributed by atoms with Crippen LogP contribution in [0.3, 0.4) is 0 Å². The maximum atomic E-state index is 12.7. The maximum absolute atomic E-state index is 12.7. The van der Waals surface area contributed by atoms with Crippen LogP contribution in [0.2, 0.25) is 0 Å². The number of ether oxygens (including phenoxy) is 1. The monoisotopic (exact) mass is 352 g/mol. The predicted molar refractivity (Wildman–Crippen MR) is 99.8 cm³/mol. The van der Waals surface area contributed by atoms with Gasteiger partial charge in [-0.2, -0.15) is 0 Å². The number of hydrogen-bond donors (Lipinski definition) is 1. The average molecular weight is 352 g/mol. The molecule has 0 bridgehead atoms. The number of nitrogens with one attached hydrogen (secondary N) is 1. The Hall–Kier alpha value is -2.82. The molecule has 0 spiro atoms. The Labute approximate surface area is 154 Å². The lowest BCUT2D eigenvalue weighted by Gasteiger charge is -2.35. The zero-order chi connectivity index (χ0) is 18.4. The average Bonchev–Trinajstić information content (AvgIpc) is 2.65. The normalized spacial score (nSPS) is 16.9. The zero-order valence-corrected chi connectivity index (χ0v) is 15.0. The summed E-state index contributed by atoms with van der Waals surface area (Å²) in [6.45, 7) is 3.48. The van der Waals surface area contributed by atoms with Gasteiger partial charge in [0.2, 0.25) is 11.8 Å². The van der Waals surface area contributed by atoms with Crippen LogP contribution in [0.15, 0.2) is 54.6 Å². The minimum Gasteiger partial charge on any atom is -0.494 e. The van der Waals surface area contributed by atoms with Gasteiger partial charge < -0.3 is 15.0 Å². The second-order valence-corrected chi connectivity index (χ2v) is 6.46. The number of carbonyl (C=O) groups excluding carboxylic acids is 2. The van der Waals surface area contributed by atoms with Gasteiger partial charge >= 0.3 is 0 Å². The van der Waals surface area contributed by atoms with Gasteiger partial charge in [-0.05, 0) is 31.0 Å². The van der Waals surface area contributed by atoms with Crippen molar-refractivity contribution in [2.45, 2.75) is 25.8 Å². The number of aryl methyl sites for hydroxylation is 1. The fourth-order valence-electron chi connectivity index (χ4n) is 3.18. The molecule has 1 heterocycles.